The molecule has 1 amide bonds. The molecule has 0 bridgehead atoms. The topological polar surface area (TPSA) is 46.3 Å². The zero-order valence-corrected chi connectivity index (χ0v) is 12.1. The van der Waals surface area contributed by atoms with Crippen molar-refractivity contribution in [1.82, 2.24) is 4.90 Å². The Kier molecular flexibility index (Phi) is 4.00. The quantitative estimate of drug-likeness (QED) is 0.820. The van der Waals surface area contributed by atoms with Crippen LogP contribution in [0.3, 0.4) is 0 Å². The Morgan fingerprint density at radius 2 is 2.00 bits per heavy atom. The highest BCUT2D eigenvalue weighted by Gasteiger charge is 2.40. The molecule has 18 heavy (non-hydrogen) atoms. The fourth-order valence-electron chi connectivity index (χ4n) is 3.36. The lowest BCUT2D eigenvalue weighted by atomic mass is 9.78. The lowest BCUT2D eigenvalue weighted by Crippen LogP contribution is -2.38. The molecule has 2 rings (SSSR count). The molecule has 2 N–H and O–H groups in total. The van der Waals surface area contributed by atoms with Gasteiger partial charge in [0.1, 0.15) is 0 Å². The highest BCUT2D eigenvalue weighted by Crippen LogP contribution is 2.36. The summed E-state index contributed by atoms with van der Waals surface area (Å²) in [5.74, 6) is 1.58. The van der Waals surface area contributed by atoms with Crippen molar-refractivity contribution in [2.75, 3.05) is 13.1 Å². The van der Waals surface area contributed by atoms with E-state index in [1.807, 2.05) is 0 Å². The zero-order valence-electron chi connectivity index (χ0n) is 12.1. The second kappa shape index (κ2) is 5.20. The number of rotatable bonds is 2. The molecule has 2 fully saturated rings. The van der Waals surface area contributed by atoms with E-state index in [1.54, 1.807) is 0 Å². The van der Waals surface area contributed by atoms with E-state index >= 15 is 0 Å². The maximum atomic E-state index is 12.2. The Morgan fingerprint density at radius 3 is 2.61 bits per heavy atom. The lowest BCUT2D eigenvalue weighted by Gasteiger charge is -2.29. The van der Waals surface area contributed by atoms with Gasteiger partial charge in [-0.3, -0.25) is 4.79 Å². The second-order valence-electron chi connectivity index (χ2n) is 7.38. The van der Waals surface area contributed by atoms with E-state index in [0.717, 1.165) is 25.9 Å². The molecule has 1 aliphatic carbocycles. The first kappa shape index (κ1) is 13.9. The van der Waals surface area contributed by atoms with Crippen LogP contribution in [0.2, 0.25) is 0 Å². The first-order valence-electron chi connectivity index (χ1n) is 7.40. The van der Waals surface area contributed by atoms with Gasteiger partial charge in [-0.2, -0.15) is 0 Å². The summed E-state index contributed by atoms with van der Waals surface area (Å²) in [4.78, 5) is 14.3. The van der Waals surface area contributed by atoms with Crippen molar-refractivity contribution < 1.29 is 4.79 Å². The molecular formula is C15H28N2O. The van der Waals surface area contributed by atoms with Gasteiger partial charge in [0, 0.05) is 25.6 Å². The SMILES string of the molecule is CC(C)(C)CCC(=O)N1CC2CCCC(N)C2C1. The summed E-state index contributed by atoms with van der Waals surface area (Å²) < 4.78 is 0. The molecule has 3 nitrogen and oxygen atoms in total. The van der Waals surface area contributed by atoms with Crippen molar-refractivity contribution in [2.24, 2.45) is 23.0 Å². The molecule has 3 heteroatoms. The van der Waals surface area contributed by atoms with Gasteiger partial charge in [0.25, 0.3) is 0 Å². The molecule has 1 saturated carbocycles. The molecule has 3 atom stereocenters. The van der Waals surface area contributed by atoms with Crippen molar-refractivity contribution in [2.45, 2.75) is 58.9 Å². The van der Waals surface area contributed by atoms with Crippen LogP contribution >= 0.6 is 0 Å². The van der Waals surface area contributed by atoms with Crippen LogP contribution in [0.5, 0.6) is 0 Å². The van der Waals surface area contributed by atoms with Gasteiger partial charge >= 0.3 is 0 Å². The fraction of sp³-hybridized carbons (Fsp3) is 0.933. The van der Waals surface area contributed by atoms with E-state index in [0.29, 0.717) is 30.2 Å². The molecule has 0 radical (unpaired) electrons. The third-order valence-corrected chi connectivity index (χ3v) is 4.60. The summed E-state index contributed by atoms with van der Waals surface area (Å²) in [6, 6.07) is 0.323. The molecule has 0 aromatic rings. The first-order valence-corrected chi connectivity index (χ1v) is 7.40. The van der Waals surface area contributed by atoms with Crippen molar-refractivity contribution in [3.05, 3.63) is 0 Å². The molecule has 1 heterocycles. The van der Waals surface area contributed by atoms with Gasteiger partial charge in [0.2, 0.25) is 5.91 Å². The minimum absolute atomic E-state index is 0.249. The van der Waals surface area contributed by atoms with Gasteiger partial charge < -0.3 is 10.6 Å². The largest absolute Gasteiger partial charge is 0.342 e. The van der Waals surface area contributed by atoms with E-state index in [2.05, 4.69) is 25.7 Å². The Bertz CT molecular complexity index is 308. The number of nitrogens with two attached hydrogens (primary N) is 1. The van der Waals surface area contributed by atoms with Gasteiger partial charge in [-0.1, -0.05) is 27.2 Å². The van der Waals surface area contributed by atoms with Crippen LogP contribution in [0, 0.1) is 17.3 Å². The van der Waals surface area contributed by atoms with Gasteiger partial charge in [-0.25, -0.2) is 0 Å². The van der Waals surface area contributed by atoms with Crippen molar-refractivity contribution in [1.29, 1.82) is 0 Å². The number of carbonyl (C=O) groups excluding carboxylic acids is 1. The monoisotopic (exact) mass is 252 g/mol. The predicted octanol–water partition coefficient (Wildman–Crippen LogP) is 2.40. The third-order valence-electron chi connectivity index (χ3n) is 4.60. The van der Waals surface area contributed by atoms with E-state index in [-0.39, 0.29) is 5.41 Å². The predicted molar refractivity (Wildman–Crippen MR) is 74.1 cm³/mol. The van der Waals surface area contributed by atoms with Crippen molar-refractivity contribution in [3.8, 4) is 0 Å². The van der Waals surface area contributed by atoms with Crippen LogP contribution in [0.25, 0.3) is 0 Å². The first-order chi connectivity index (χ1) is 8.37. The van der Waals surface area contributed by atoms with Gasteiger partial charge in [-0.15, -0.1) is 0 Å². The molecule has 1 saturated heterocycles. The summed E-state index contributed by atoms with van der Waals surface area (Å²) in [6.45, 7) is 8.45. The molecule has 0 aromatic heterocycles. The third kappa shape index (κ3) is 3.25. The van der Waals surface area contributed by atoms with Crippen LogP contribution in [-0.2, 0) is 4.79 Å². The van der Waals surface area contributed by atoms with Crippen molar-refractivity contribution in [3.63, 3.8) is 0 Å². The molecule has 104 valence electrons. The van der Waals surface area contributed by atoms with Crippen LogP contribution in [0.4, 0.5) is 0 Å². The van der Waals surface area contributed by atoms with Gasteiger partial charge in [0.05, 0.1) is 0 Å². The summed E-state index contributed by atoms with van der Waals surface area (Å²) in [5.41, 5.74) is 6.44. The average molecular weight is 252 g/mol. The highest BCUT2D eigenvalue weighted by atomic mass is 16.2. The molecule has 3 unspecified atom stereocenters. The number of likely N-dealkylation sites (tertiary alicyclic amines) is 1. The minimum atomic E-state index is 0.249. The highest BCUT2D eigenvalue weighted by molar-refractivity contribution is 5.76. The lowest BCUT2D eigenvalue weighted by molar-refractivity contribution is -0.130. The molecule has 0 aromatic carbocycles. The van der Waals surface area contributed by atoms with Crippen LogP contribution in [0.15, 0.2) is 0 Å². The van der Waals surface area contributed by atoms with E-state index in [9.17, 15) is 4.79 Å². The summed E-state index contributed by atoms with van der Waals surface area (Å²) in [6.07, 6.45) is 5.32. The smallest absolute Gasteiger partial charge is 0.222 e. The van der Waals surface area contributed by atoms with Gasteiger partial charge in [-0.05, 0) is 36.5 Å². The van der Waals surface area contributed by atoms with Crippen LogP contribution < -0.4 is 5.73 Å². The maximum absolute atomic E-state index is 12.2. The zero-order chi connectivity index (χ0) is 13.3. The number of fused-ring (bicyclic) bond motifs is 1. The number of nitrogens with zero attached hydrogens (tertiary/aromatic N) is 1. The Labute approximate surface area is 111 Å². The molecular weight excluding hydrogens is 224 g/mol. The van der Waals surface area contributed by atoms with E-state index < -0.39 is 0 Å². The Balaban J connectivity index is 1.86. The maximum Gasteiger partial charge on any atom is 0.222 e. The summed E-state index contributed by atoms with van der Waals surface area (Å²) in [5, 5.41) is 0. The normalized spacial score (nSPS) is 32.4. The Hall–Kier alpha value is -0.570. The Morgan fingerprint density at radius 1 is 1.28 bits per heavy atom. The number of amides is 1. The van der Waals surface area contributed by atoms with Crippen molar-refractivity contribution >= 4 is 5.91 Å². The molecule has 2 aliphatic rings. The standard InChI is InChI=1S/C15H28N2O/c1-15(2,3)8-7-14(18)17-9-11-5-4-6-13(16)12(11)10-17/h11-13H,4-10,16H2,1-3H3. The van der Waals surface area contributed by atoms with E-state index in [4.69, 9.17) is 5.73 Å². The minimum Gasteiger partial charge on any atom is -0.342 e. The second-order valence-corrected chi connectivity index (χ2v) is 7.38. The van der Waals surface area contributed by atoms with E-state index in [1.165, 1.54) is 12.8 Å². The summed E-state index contributed by atoms with van der Waals surface area (Å²) >= 11 is 0. The van der Waals surface area contributed by atoms with Crippen LogP contribution in [0.1, 0.15) is 52.9 Å². The molecule has 0 spiro atoms. The molecule has 1 aliphatic heterocycles. The average Bonchev–Trinajstić information content (AvgIpc) is 2.70. The summed E-state index contributed by atoms with van der Waals surface area (Å²) in [7, 11) is 0. The number of hydrogen-bond acceptors (Lipinski definition) is 2. The van der Waals surface area contributed by atoms with Crippen LogP contribution in [-0.4, -0.2) is 29.9 Å². The number of carbonyl (C=O) groups is 1. The van der Waals surface area contributed by atoms with Gasteiger partial charge in [0.15, 0.2) is 0 Å². The fourth-order valence-corrected chi connectivity index (χ4v) is 3.36. The number of hydrogen-bond donors (Lipinski definition) is 1.